The highest BCUT2D eigenvalue weighted by Crippen LogP contribution is 2.18. The zero-order valence-electron chi connectivity index (χ0n) is 15.2. The summed E-state index contributed by atoms with van der Waals surface area (Å²) < 4.78 is 3.90. The molecule has 0 bridgehead atoms. The van der Waals surface area contributed by atoms with E-state index in [2.05, 4.69) is 44.2 Å². The third kappa shape index (κ3) is 4.27. The molecule has 0 saturated carbocycles. The zero-order valence-corrected chi connectivity index (χ0v) is 15.2. The number of nitrogens with zero attached hydrogens (tertiary/aromatic N) is 5. The Labute approximate surface area is 152 Å². The van der Waals surface area contributed by atoms with Gasteiger partial charge in [0.25, 0.3) is 0 Å². The lowest BCUT2D eigenvalue weighted by molar-refractivity contribution is 0.251. The van der Waals surface area contributed by atoms with E-state index < -0.39 is 0 Å². The van der Waals surface area contributed by atoms with Gasteiger partial charge in [0.15, 0.2) is 5.82 Å². The van der Waals surface area contributed by atoms with E-state index in [-0.39, 0.29) is 6.03 Å². The van der Waals surface area contributed by atoms with Crippen molar-refractivity contribution < 1.29 is 4.79 Å². The SMILES string of the molecule is CC(C)Cn1cncc1CNC(=O)Nc1ccc(-c2nncn2C)cc1. The largest absolute Gasteiger partial charge is 0.333 e. The normalized spacial score (nSPS) is 10.9. The van der Waals surface area contributed by atoms with Gasteiger partial charge in [0, 0.05) is 31.0 Å². The molecule has 2 N–H and O–H groups in total. The van der Waals surface area contributed by atoms with Gasteiger partial charge in [-0.3, -0.25) is 0 Å². The van der Waals surface area contributed by atoms with E-state index in [1.807, 2.05) is 35.9 Å². The molecule has 0 aliphatic rings. The van der Waals surface area contributed by atoms with Crippen LogP contribution in [0.25, 0.3) is 11.4 Å². The molecule has 26 heavy (non-hydrogen) atoms. The topological polar surface area (TPSA) is 89.7 Å². The van der Waals surface area contributed by atoms with Crippen LogP contribution in [-0.2, 0) is 20.1 Å². The molecular formula is C18H23N7O. The average Bonchev–Trinajstić information content (AvgIpc) is 3.22. The van der Waals surface area contributed by atoms with Gasteiger partial charge in [-0.05, 0) is 30.2 Å². The van der Waals surface area contributed by atoms with Gasteiger partial charge in [0.2, 0.25) is 0 Å². The number of aryl methyl sites for hydroxylation is 1. The molecular weight excluding hydrogens is 330 g/mol. The lowest BCUT2D eigenvalue weighted by Gasteiger charge is -2.12. The first kappa shape index (κ1) is 17.7. The summed E-state index contributed by atoms with van der Waals surface area (Å²) in [5, 5.41) is 13.6. The van der Waals surface area contributed by atoms with Gasteiger partial charge in [-0.1, -0.05) is 13.8 Å². The van der Waals surface area contributed by atoms with Crippen LogP contribution in [-0.4, -0.2) is 30.3 Å². The second-order valence-corrected chi connectivity index (χ2v) is 6.58. The molecule has 0 aliphatic heterocycles. The van der Waals surface area contributed by atoms with Crippen LogP contribution >= 0.6 is 0 Å². The summed E-state index contributed by atoms with van der Waals surface area (Å²) >= 11 is 0. The lowest BCUT2D eigenvalue weighted by atomic mass is 10.2. The molecule has 0 spiro atoms. The van der Waals surface area contributed by atoms with Crippen molar-refractivity contribution in [1.82, 2.24) is 29.6 Å². The first-order valence-corrected chi connectivity index (χ1v) is 8.51. The summed E-state index contributed by atoms with van der Waals surface area (Å²) in [5.41, 5.74) is 2.63. The standard InChI is InChI=1S/C18H23N7O/c1-13(2)10-25-11-19-8-16(25)9-20-18(26)22-15-6-4-14(5-7-15)17-23-21-12-24(17)3/h4-8,11-13H,9-10H2,1-3H3,(H2,20,22,26). The highest BCUT2D eigenvalue weighted by Gasteiger charge is 2.08. The van der Waals surface area contributed by atoms with E-state index >= 15 is 0 Å². The predicted molar refractivity (Wildman–Crippen MR) is 99.4 cm³/mol. The Morgan fingerprint density at radius 2 is 1.96 bits per heavy atom. The number of nitrogens with one attached hydrogen (secondary N) is 2. The fraction of sp³-hybridized carbons (Fsp3) is 0.333. The van der Waals surface area contributed by atoms with Crippen molar-refractivity contribution in [3.05, 3.63) is 48.8 Å². The summed E-state index contributed by atoms with van der Waals surface area (Å²) in [5.74, 6) is 1.30. The van der Waals surface area contributed by atoms with Crippen molar-refractivity contribution in [2.75, 3.05) is 5.32 Å². The Morgan fingerprint density at radius 1 is 1.19 bits per heavy atom. The first-order valence-electron chi connectivity index (χ1n) is 8.51. The second kappa shape index (κ2) is 7.81. The number of urea groups is 1. The fourth-order valence-corrected chi connectivity index (χ4v) is 2.65. The van der Waals surface area contributed by atoms with Gasteiger partial charge in [0.05, 0.1) is 18.6 Å². The molecule has 0 saturated heterocycles. The van der Waals surface area contributed by atoms with E-state index in [1.165, 1.54) is 0 Å². The molecule has 2 heterocycles. The van der Waals surface area contributed by atoms with Crippen LogP contribution in [0.5, 0.6) is 0 Å². The Kier molecular flexibility index (Phi) is 5.31. The van der Waals surface area contributed by atoms with Gasteiger partial charge in [-0.15, -0.1) is 10.2 Å². The molecule has 0 fully saturated rings. The number of hydrogen-bond acceptors (Lipinski definition) is 4. The number of anilines is 1. The van der Waals surface area contributed by atoms with Crippen LogP contribution in [0.3, 0.4) is 0 Å². The van der Waals surface area contributed by atoms with Gasteiger partial charge in [-0.2, -0.15) is 0 Å². The first-order chi connectivity index (χ1) is 12.5. The average molecular weight is 353 g/mol. The van der Waals surface area contributed by atoms with Gasteiger partial charge >= 0.3 is 6.03 Å². The minimum absolute atomic E-state index is 0.256. The van der Waals surface area contributed by atoms with Crippen molar-refractivity contribution >= 4 is 11.7 Å². The van der Waals surface area contributed by atoms with Crippen molar-refractivity contribution in [3.63, 3.8) is 0 Å². The number of carbonyl (C=O) groups excluding carboxylic acids is 1. The van der Waals surface area contributed by atoms with Crippen LogP contribution in [0.15, 0.2) is 43.1 Å². The van der Waals surface area contributed by atoms with Crippen LogP contribution in [0.4, 0.5) is 10.5 Å². The molecule has 2 aromatic heterocycles. The molecule has 1 aromatic carbocycles. The van der Waals surface area contributed by atoms with Crippen molar-refractivity contribution in [2.45, 2.75) is 26.9 Å². The molecule has 3 aromatic rings. The summed E-state index contributed by atoms with van der Waals surface area (Å²) in [4.78, 5) is 16.3. The molecule has 8 heteroatoms. The molecule has 8 nitrogen and oxygen atoms in total. The van der Waals surface area contributed by atoms with Crippen LogP contribution in [0.2, 0.25) is 0 Å². The molecule has 3 rings (SSSR count). The number of benzene rings is 1. The van der Waals surface area contributed by atoms with Crippen molar-refractivity contribution in [2.24, 2.45) is 13.0 Å². The molecule has 0 atom stereocenters. The Bertz CT molecular complexity index is 864. The van der Waals surface area contributed by atoms with E-state index in [0.717, 1.165) is 23.6 Å². The number of aromatic nitrogens is 5. The molecule has 0 aliphatic carbocycles. The number of hydrogen-bond donors (Lipinski definition) is 2. The Morgan fingerprint density at radius 3 is 2.62 bits per heavy atom. The quantitative estimate of drug-likeness (QED) is 0.713. The van der Waals surface area contributed by atoms with Crippen molar-refractivity contribution in [3.8, 4) is 11.4 Å². The van der Waals surface area contributed by atoms with E-state index in [9.17, 15) is 4.79 Å². The van der Waals surface area contributed by atoms with Crippen LogP contribution in [0.1, 0.15) is 19.5 Å². The molecule has 0 radical (unpaired) electrons. The number of amides is 2. The fourth-order valence-electron chi connectivity index (χ4n) is 2.65. The third-order valence-corrected chi connectivity index (χ3v) is 3.90. The van der Waals surface area contributed by atoms with Gasteiger partial charge < -0.3 is 19.8 Å². The van der Waals surface area contributed by atoms with E-state index in [4.69, 9.17) is 0 Å². The van der Waals surface area contributed by atoms with E-state index in [1.54, 1.807) is 18.9 Å². The Balaban J connectivity index is 1.55. The van der Waals surface area contributed by atoms with Crippen LogP contribution < -0.4 is 10.6 Å². The number of carbonyl (C=O) groups is 1. The summed E-state index contributed by atoms with van der Waals surface area (Å²) in [6, 6.07) is 7.22. The molecule has 2 amide bonds. The number of rotatable bonds is 6. The highest BCUT2D eigenvalue weighted by atomic mass is 16.2. The van der Waals surface area contributed by atoms with Crippen LogP contribution in [0, 0.1) is 5.92 Å². The zero-order chi connectivity index (χ0) is 18.5. The van der Waals surface area contributed by atoms with E-state index in [0.29, 0.717) is 18.2 Å². The maximum absolute atomic E-state index is 12.1. The minimum atomic E-state index is -0.256. The minimum Gasteiger partial charge on any atom is -0.333 e. The summed E-state index contributed by atoms with van der Waals surface area (Å²) in [6.07, 6.45) is 5.22. The monoisotopic (exact) mass is 353 g/mol. The highest BCUT2D eigenvalue weighted by molar-refractivity contribution is 5.89. The van der Waals surface area contributed by atoms with Crippen molar-refractivity contribution in [1.29, 1.82) is 0 Å². The number of imidazole rings is 1. The summed E-state index contributed by atoms with van der Waals surface area (Å²) in [7, 11) is 1.89. The maximum Gasteiger partial charge on any atom is 0.319 e. The van der Waals surface area contributed by atoms with Gasteiger partial charge in [0.1, 0.15) is 6.33 Å². The maximum atomic E-state index is 12.1. The van der Waals surface area contributed by atoms with Gasteiger partial charge in [-0.25, -0.2) is 9.78 Å². The second-order valence-electron chi connectivity index (χ2n) is 6.58. The smallest absolute Gasteiger partial charge is 0.319 e. The third-order valence-electron chi connectivity index (χ3n) is 3.90. The molecule has 0 unspecified atom stereocenters. The summed E-state index contributed by atoms with van der Waals surface area (Å²) in [6.45, 7) is 5.60. The lowest BCUT2D eigenvalue weighted by Crippen LogP contribution is -2.29. The molecule has 136 valence electrons. The predicted octanol–water partition coefficient (Wildman–Crippen LogP) is 2.66. The Hall–Kier alpha value is -3.16.